The Hall–Kier alpha value is -1.57. The molecule has 0 saturated carbocycles. The maximum Gasteiger partial charge on any atom is 0.415 e. The van der Waals surface area contributed by atoms with Crippen LogP contribution in [-0.4, -0.2) is 22.8 Å². The Bertz CT molecular complexity index is 412. The van der Waals surface area contributed by atoms with Gasteiger partial charge in [0.15, 0.2) is 5.54 Å². The maximum absolute atomic E-state index is 12.4. The molecule has 1 atom stereocenters. The maximum atomic E-state index is 12.4. The van der Waals surface area contributed by atoms with Gasteiger partial charge < -0.3 is 15.6 Å². The highest BCUT2D eigenvalue weighted by molar-refractivity contribution is 5.86. The number of aromatic nitrogens is 1. The number of nitrogens with two attached hydrogens (primary N) is 1. The predicted molar refractivity (Wildman–Crippen MR) is 51.7 cm³/mol. The lowest BCUT2D eigenvalue weighted by molar-refractivity contribution is -0.187. The second-order valence-corrected chi connectivity index (χ2v) is 3.81. The summed E-state index contributed by atoms with van der Waals surface area (Å²) < 4.78 is 41.9. The first kappa shape index (κ1) is 13.5. The Labute approximate surface area is 95.1 Å². The summed E-state index contributed by atoms with van der Waals surface area (Å²) >= 11 is 0. The molecule has 0 aliphatic heterocycles. The van der Waals surface area contributed by atoms with Gasteiger partial charge in [-0.3, -0.25) is 4.79 Å². The van der Waals surface area contributed by atoms with E-state index in [9.17, 15) is 18.0 Å². The number of hydrogen-bond donors (Lipinski definition) is 2. The molecule has 0 aromatic carbocycles. The van der Waals surface area contributed by atoms with Gasteiger partial charge >= 0.3 is 6.18 Å². The van der Waals surface area contributed by atoms with Crippen LogP contribution in [0.1, 0.15) is 18.4 Å². The summed E-state index contributed by atoms with van der Waals surface area (Å²) in [6, 6.07) is 1.50. The second-order valence-electron chi connectivity index (χ2n) is 3.81. The molecule has 0 fully saturated rings. The van der Waals surface area contributed by atoms with Gasteiger partial charge in [0, 0.05) is 6.07 Å². The van der Waals surface area contributed by atoms with Crippen LogP contribution in [0.25, 0.3) is 0 Å². The van der Waals surface area contributed by atoms with Gasteiger partial charge in [0.05, 0.1) is 6.54 Å². The lowest BCUT2D eigenvalue weighted by Gasteiger charge is -2.25. The highest BCUT2D eigenvalue weighted by atomic mass is 19.4. The summed E-state index contributed by atoms with van der Waals surface area (Å²) in [4.78, 5) is 11.3. The van der Waals surface area contributed by atoms with Gasteiger partial charge in [-0.25, -0.2) is 0 Å². The Morgan fingerprint density at radius 1 is 1.59 bits per heavy atom. The summed E-state index contributed by atoms with van der Waals surface area (Å²) in [7, 11) is 0. The fourth-order valence-corrected chi connectivity index (χ4v) is 0.984. The Balaban J connectivity index is 2.61. The highest BCUT2D eigenvalue weighted by Gasteiger charge is 2.53. The standard InChI is InChI=1S/C9H12F3N3O2/c1-5-3-6(15-17-5)4-14-7(16)8(2,13)9(10,11)12/h3H,4,13H2,1-2H3,(H,14,16). The minimum absolute atomic E-state index is 0.168. The Morgan fingerprint density at radius 2 is 2.18 bits per heavy atom. The zero-order valence-corrected chi connectivity index (χ0v) is 9.26. The first-order valence-corrected chi connectivity index (χ1v) is 4.70. The molecule has 0 radical (unpaired) electrons. The summed E-state index contributed by atoms with van der Waals surface area (Å²) in [6.45, 7) is 2.07. The van der Waals surface area contributed by atoms with Crippen LogP contribution in [0.15, 0.2) is 10.6 Å². The van der Waals surface area contributed by atoms with Gasteiger partial charge in [-0.1, -0.05) is 5.16 Å². The van der Waals surface area contributed by atoms with Gasteiger partial charge in [0.25, 0.3) is 0 Å². The average molecular weight is 251 g/mol. The molecule has 3 N–H and O–H groups in total. The van der Waals surface area contributed by atoms with Crippen molar-refractivity contribution in [1.29, 1.82) is 0 Å². The van der Waals surface area contributed by atoms with Crippen molar-refractivity contribution in [3.05, 3.63) is 17.5 Å². The first-order valence-electron chi connectivity index (χ1n) is 4.70. The smallest absolute Gasteiger partial charge is 0.361 e. The largest absolute Gasteiger partial charge is 0.415 e. The molecule has 0 aliphatic rings. The molecule has 1 heterocycles. The Kier molecular flexibility index (Phi) is 3.46. The molecular formula is C9H12F3N3O2. The number of nitrogens with zero attached hydrogens (tertiary/aromatic N) is 1. The summed E-state index contributed by atoms with van der Waals surface area (Å²) in [5.74, 6) is -0.814. The third-order valence-corrected chi connectivity index (χ3v) is 2.17. The molecule has 96 valence electrons. The van der Waals surface area contributed by atoms with E-state index in [-0.39, 0.29) is 6.54 Å². The topological polar surface area (TPSA) is 81.2 Å². The predicted octanol–water partition coefficient (Wildman–Crippen LogP) is 0.879. The fraction of sp³-hybridized carbons (Fsp3) is 0.556. The molecule has 1 aromatic rings. The van der Waals surface area contributed by atoms with Crippen molar-refractivity contribution in [1.82, 2.24) is 10.5 Å². The van der Waals surface area contributed by atoms with Crippen LogP contribution in [0.3, 0.4) is 0 Å². The molecule has 0 bridgehead atoms. The van der Waals surface area contributed by atoms with E-state index < -0.39 is 17.6 Å². The first-order chi connectivity index (χ1) is 7.64. The van der Waals surface area contributed by atoms with Gasteiger partial charge in [0.2, 0.25) is 5.91 Å². The van der Waals surface area contributed by atoms with Crippen molar-refractivity contribution in [3.63, 3.8) is 0 Å². The zero-order valence-electron chi connectivity index (χ0n) is 9.26. The summed E-state index contributed by atoms with van der Waals surface area (Å²) in [5, 5.41) is 5.57. The second kappa shape index (κ2) is 4.36. The van der Waals surface area contributed by atoms with Crippen molar-refractivity contribution in [2.45, 2.75) is 32.1 Å². The van der Waals surface area contributed by atoms with Crippen LogP contribution in [-0.2, 0) is 11.3 Å². The molecule has 8 heteroatoms. The molecule has 0 aliphatic carbocycles. The number of alkyl halides is 3. The quantitative estimate of drug-likeness (QED) is 0.835. The summed E-state index contributed by atoms with van der Waals surface area (Å²) in [6.07, 6.45) is -4.81. The summed E-state index contributed by atoms with van der Waals surface area (Å²) in [5.41, 5.74) is 2.33. The van der Waals surface area contributed by atoms with Crippen molar-refractivity contribution in [2.75, 3.05) is 0 Å². The van der Waals surface area contributed by atoms with E-state index in [4.69, 9.17) is 10.3 Å². The molecular weight excluding hydrogens is 239 g/mol. The van der Waals surface area contributed by atoms with Crippen LogP contribution in [0.4, 0.5) is 13.2 Å². The number of amides is 1. The third-order valence-electron chi connectivity index (χ3n) is 2.17. The van der Waals surface area contributed by atoms with Crippen molar-refractivity contribution < 1.29 is 22.5 Å². The van der Waals surface area contributed by atoms with Crippen LogP contribution in [0.5, 0.6) is 0 Å². The van der Waals surface area contributed by atoms with Crippen molar-refractivity contribution >= 4 is 5.91 Å². The van der Waals surface area contributed by atoms with E-state index in [0.717, 1.165) is 0 Å². The van der Waals surface area contributed by atoms with Crippen molar-refractivity contribution in [2.24, 2.45) is 5.73 Å². The van der Waals surface area contributed by atoms with E-state index in [1.54, 1.807) is 6.92 Å². The molecule has 0 saturated heterocycles. The van der Waals surface area contributed by atoms with Crippen molar-refractivity contribution in [3.8, 4) is 0 Å². The number of rotatable bonds is 3. The van der Waals surface area contributed by atoms with Crippen LogP contribution in [0, 0.1) is 6.92 Å². The van der Waals surface area contributed by atoms with E-state index in [0.29, 0.717) is 18.4 Å². The molecule has 1 aromatic heterocycles. The molecule has 1 amide bonds. The Morgan fingerprint density at radius 3 is 2.59 bits per heavy atom. The number of hydrogen-bond acceptors (Lipinski definition) is 4. The zero-order chi connectivity index (χ0) is 13.3. The van der Waals surface area contributed by atoms with Gasteiger partial charge in [0.1, 0.15) is 11.5 Å². The molecule has 5 nitrogen and oxygen atoms in total. The lowest BCUT2D eigenvalue weighted by Crippen LogP contribution is -2.61. The van der Waals surface area contributed by atoms with Gasteiger partial charge in [-0.15, -0.1) is 0 Å². The average Bonchev–Trinajstić information content (AvgIpc) is 2.58. The number of carbonyl (C=O) groups excluding carboxylic acids is 1. The number of aryl methyl sites for hydroxylation is 1. The molecule has 0 spiro atoms. The molecule has 17 heavy (non-hydrogen) atoms. The van der Waals surface area contributed by atoms with Gasteiger partial charge in [-0.05, 0) is 13.8 Å². The van der Waals surface area contributed by atoms with Gasteiger partial charge in [-0.2, -0.15) is 13.2 Å². The number of carbonyl (C=O) groups is 1. The molecule has 1 unspecified atom stereocenters. The SMILES string of the molecule is Cc1cc(CNC(=O)C(C)(N)C(F)(F)F)no1. The molecule has 1 rings (SSSR count). The number of halogens is 3. The van der Waals surface area contributed by atoms with E-state index in [1.165, 1.54) is 6.07 Å². The minimum atomic E-state index is -4.81. The monoisotopic (exact) mass is 251 g/mol. The van der Waals surface area contributed by atoms with Crippen LogP contribution >= 0.6 is 0 Å². The highest BCUT2D eigenvalue weighted by Crippen LogP contribution is 2.27. The van der Waals surface area contributed by atoms with E-state index in [1.807, 2.05) is 0 Å². The number of nitrogens with one attached hydrogen (secondary N) is 1. The van der Waals surface area contributed by atoms with Crippen LogP contribution in [0.2, 0.25) is 0 Å². The lowest BCUT2D eigenvalue weighted by atomic mass is 10.0. The van der Waals surface area contributed by atoms with E-state index in [2.05, 4.69) is 10.5 Å². The normalized spacial score (nSPS) is 15.4. The fourth-order valence-electron chi connectivity index (χ4n) is 0.984. The minimum Gasteiger partial charge on any atom is -0.361 e. The van der Waals surface area contributed by atoms with Crippen LogP contribution < -0.4 is 11.1 Å². The van der Waals surface area contributed by atoms with E-state index >= 15 is 0 Å². The third kappa shape index (κ3) is 2.96.